The van der Waals surface area contributed by atoms with Crippen molar-refractivity contribution in [2.75, 3.05) is 13.7 Å². The highest BCUT2D eigenvalue weighted by Crippen LogP contribution is 2.46. The highest BCUT2D eigenvalue weighted by atomic mass is 16.7. The van der Waals surface area contributed by atoms with E-state index in [-0.39, 0.29) is 23.7 Å². The van der Waals surface area contributed by atoms with E-state index in [0.717, 1.165) is 29.3 Å². The second-order valence-electron chi connectivity index (χ2n) is 7.75. The number of aromatic nitrogens is 1. The van der Waals surface area contributed by atoms with E-state index >= 15 is 0 Å². The molecule has 4 unspecified atom stereocenters. The molecule has 1 aromatic heterocycles. The molecule has 1 saturated carbocycles. The van der Waals surface area contributed by atoms with Crippen LogP contribution in [0.5, 0.6) is 0 Å². The molecule has 0 saturated heterocycles. The first-order valence-electron chi connectivity index (χ1n) is 10.0. The quantitative estimate of drug-likeness (QED) is 0.753. The number of H-pyrrole nitrogens is 1. The van der Waals surface area contributed by atoms with Gasteiger partial charge in [0, 0.05) is 35.5 Å². The number of rotatable bonds is 5. The van der Waals surface area contributed by atoms with Crippen molar-refractivity contribution >= 4 is 23.0 Å². The molecule has 154 valence electrons. The van der Waals surface area contributed by atoms with Gasteiger partial charge in [-0.05, 0) is 36.8 Å². The van der Waals surface area contributed by atoms with Crippen LogP contribution in [0.4, 0.5) is 4.79 Å². The Bertz CT molecular complexity index is 934. The number of para-hydroxylation sites is 1. The molecule has 7 heteroatoms. The van der Waals surface area contributed by atoms with E-state index < -0.39 is 12.4 Å². The summed E-state index contributed by atoms with van der Waals surface area (Å²) in [5.74, 6) is -0.142. The van der Waals surface area contributed by atoms with Crippen LogP contribution in [0.15, 0.2) is 42.3 Å². The average Bonchev–Trinajstić information content (AvgIpc) is 3.32. The van der Waals surface area contributed by atoms with Crippen LogP contribution in [0, 0.1) is 17.8 Å². The van der Waals surface area contributed by atoms with E-state index in [2.05, 4.69) is 23.3 Å². The maximum absolute atomic E-state index is 12.3. The largest absolute Gasteiger partial charge is 0.466 e. The fraction of sp³-hybridized carbons (Fsp3) is 0.455. The van der Waals surface area contributed by atoms with Crippen LogP contribution < -0.4 is 5.32 Å². The molecule has 1 aromatic carbocycles. The number of hydrogen-bond donors (Lipinski definition) is 2. The van der Waals surface area contributed by atoms with E-state index in [9.17, 15) is 9.59 Å². The predicted octanol–water partition coefficient (Wildman–Crippen LogP) is 3.51. The third kappa shape index (κ3) is 3.81. The minimum atomic E-state index is -0.695. The van der Waals surface area contributed by atoms with Crippen molar-refractivity contribution in [3.05, 3.63) is 47.9 Å². The third-order valence-corrected chi connectivity index (χ3v) is 6.08. The van der Waals surface area contributed by atoms with Gasteiger partial charge in [0.05, 0.1) is 18.9 Å². The van der Waals surface area contributed by atoms with Gasteiger partial charge in [-0.3, -0.25) is 0 Å². The fourth-order valence-electron chi connectivity index (χ4n) is 4.57. The average molecular weight is 398 g/mol. The Morgan fingerprint density at radius 1 is 1.28 bits per heavy atom. The molecule has 2 N–H and O–H groups in total. The highest BCUT2D eigenvalue weighted by molar-refractivity contribution is 5.89. The molecule has 29 heavy (non-hydrogen) atoms. The van der Waals surface area contributed by atoms with Crippen LogP contribution in [0.25, 0.3) is 10.9 Å². The maximum Gasteiger partial charge on any atom is 0.410 e. The number of methoxy groups -OCH3 is 1. The SMILES string of the molecule is COC(=O)C1=COC(OC(=O)NCCc2c[nH]c3ccccc23)C2C(C)CCC12. The molecule has 2 aromatic rings. The lowest BCUT2D eigenvalue weighted by atomic mass is 9.83. The smallest absolute Gasteiger partial charge is 0.410 e. The number of esters is 1. The van der Waals surface area contributed by atoms with E-state index in [0.29, 0.717) is 18.5 Å². The molecule has 2 aliphatic rings. The highest BCUT2D eigenvalue weighted by Gasteiger charge is 2.48. The standard InChI is InChI=1S/C22H26N2O5/c1-13-7-8-16-17(20(25)27-2)12-28-21(19(13)16)29-22(26)23-10-9-14-11-24-18-6-4-3-5-15(14)18/h3-6,11-13,16,19,21,24H,7-10H2,1-2H3,(H,23,26). The molecule has 4 atom stereocenters. The summed E-state index contributed by atoms with van der Waals surface area (Å²) in [6.45, 7) is 2.56. The summed E-state index contributed by atoms with van der Waals surface area (Å²) in [7, 11) is 1.36. The van der Waals surface area contributed by atoms with E-state index in [1.165, 1.54) is 13.4 Å². The minimum absolute atomic E-state index is 0.00443. The lowest BCUT2D eigenvalue weighted by molar-refractivity contribution is -0.145. The molecule has 0 bridgehead atoms. The Kier molecular flexibility index (Phi) is 5.47. The van der Waals surface area contributed by atoms with Gasteiger partial charge in [-0.15, -0.1) is 0 Å². The zero-order valence-electron chi connectivity index (χ0n) is 16.6. The Hall–Kier alpha value is -2.96. The number of amides is 1. The van der Waals surface area contributed by atoms with Crippen LogP contribution in [-0.4, -0.2) is 37.0 Å². The van der Waals surface area contributed by atoms with E-state index in [1.807, 2.05) is 24.4 Å². The lowest BCUT2D eigenvalue weighted by Gasteiger charge is -2.34. The molecule has 1 aliphatic carbocycles. The number of alkyl carbamates (subject to hydrolysis) is 1. The van der Waals surface area contributed by atoms with Crippen molar-refractivity contribution in [1.82, 2.24) is 10.3 Å². The normalized spacial score (nSPS) is 25.7. The van der Waals surface area contributed by atoms with Crippen molar-refractivity contribution in [3.8, 4) is 0 Å². The van der Waals surface area contributed by atoms with Crippen molar-refractivity contribution in [1.29, 1.82) is 0 Å². The van der Waals surface area contributed by atoms with Gasteiger partial charge in [-0.2, -0.15) is 0 Å². The van der Waals surface area contributed by atoms with Gasteiger partial charge in [-0.25, -0.2) is 9.59 Å². The van der Waals surface area contributed by atoms with E-state index in [1.54, 1.807) is 0 Å². The fourth-order valence-corrected chi connectivity index (χ4v) is 4.57. The zero-order valence-corrected chi connectivity index (χ0v) is 16.6. The number of benzene rings is 1. The van der Waals surface area contributed by atoms with E-state index in [4.69, 9.17) is 14.2 Å². The maximum atomic E-state index is 12.3. The Morgan fingerprint density at radius 3 is 2.93 bits per heavy atom. The molecule has 0 radical (unpaired) electrons. The van der Waals surface area contributed by atoms with Crippen LogP contribution in [0.1, 0.15) is 25.3 Å². The van der Waals surface area contributed by atoms with Crippen molar-refractivity contribution in [2.45, 2.75) is 32.5 Å². The molecule has 1 fully saturated rings. The zero-order chi connectivity index (χ0) is 20.4. The topological polar surface area (TPSA) is 89.7 Å². The van der Waals surface area contributed by atoms with Gasteiger partial charge in [0.25, 0.3) is 0 Å². The summed E-state index contributed by atoms with van der Waals surface area (Å²) in [4.78, 5) is 27.6. The predicted molar refractivity (Wildman–Crippen MR) is 107 cm³/mol. The van der Waals surface area contributed by atoms with Crippen LogP contribution in [-0.2, 0) is 25.4 Å². The van der Waals surface area contributed by atoms with Crippen molar-refractivity contribution in [3.63, 3.8) is 0 Å². The lowest BCUT2D eigenvalue weighted by Crippen LogP contribution is -2.41. The van der Waals surface area contributed by atoms with Crippen LogP contribution >= 0.6 is 0 Å². The number of fused-ring (bicyclic) bond motifs is 2. The summed E-state index contributed by atoms with van der Waals surface area (Å²) in [6, 6.07) is 8.06. The number of hydrogen-bond acceptors (Lipinski definition) is 5. The molecule has 7 nitrogen and oxygen atoms in total. The molecule has 1 amide bonds. The van der Waals surface area contributed by atoms with Crippen molar-refractivity contribution < 1.29 is 23.8 Å². The summed E-state index contributed by atoms with van der Waals surface area (Å²) < 4.78 is 16.1. The number of carbonyl (C=O) groups is 2. The Labute approximate surface area is 169 Å². The first kappa shape index (κ1) is 19.4. The van der Waals surface area contributed by atoms with Crippen LogP contribution in [0.2, 0.25) is 0 Å². The summed E-state index contributed by atoms with van der Waals surface area (Å²) in [6.07, 6.45) is 4.66. The molecule has 1 aliphatic heterocycles. The molecular weight excluding hydrogens is 372 g/mol. The molecule has 2 heterocycles. The molecular formula is C22H26N2O5. The number of aromatic amines is 1. The summed E-state index contributed by atoms with van der Waals surface area (Å²) >= 11 is 0. The Balaban J connectivity index is 1.34. The van der Waals surface area contributed by atoms with Gasteiger partial charge >= 0.3 is 12.1 Å². The molecule has 4 rings (SSSR count). The minimum Gasteiger partial charge on any atom is -0.466 e. The summed E-state index contributed by atoms with van der Waals surface area (Å²) in [5, 5.41) is 3.96. The second-order valence-corrected chi connectivity index (χ2v) is 7.75. The van der Waals surface area contributed by atoms with Gasteiger partial charge in [-0.1, -0.05) is 25.1 Å². The second kappa shape index (κ2) is 8.19. The monoisotopic (exact) mass is 398 g/mol. The van der Waals surface area contributed by atoms with Gasteiger partial charge in [0.2, 0.25) is 6.29 Å². The van der Waals surface area contributed by atoms with Gasteiger partial charge in [0.15, 0.2) is 0 Å². The van der Waals surface area contributed by atoms with Gasteiger partial charge < -0.3 is 24.5 Å². The molecule has 0 spiro atoms. The van der Waals surface area contributed by atoms with Gasteiger partial charge in [0.1, 0.15) is 0 Å². The first-order chi connectivity index (χ1) is 14.1. The Morgan fingerprint density at radius 2 is 2.10 bits per heavy atom. The number of ether oxygens (including phenoxy) is 3. The third-order valence-electron chi connectivity index (χ3n) is 6.08. The number of carbonyl (C=O) groups excluding carboxylic acids is 2. The summed E-state index contributed by atoms with van der Waals surface area (Å²) in [5.41, 5.74) is 2.75. The van der Waals surface area contributed by atoms with Crippen molar-refractivity contribution in [2.24, 2.45) is 17.8 Å². The number of nitrogens with one attached hydrogen (secondary N) is 2. The first-order valence-corrected chi connectivity index (χ1v) is 10.0. The van der Waals surface area contributed by atoms with Crippen LogP contribution in [0.3, 0.4) is 0 Å².